The Hall–Kier alpha value is -0.970. The predicted molar refractivity (Wildman–Crippen MR) is 39.7 cm³/mol. The fourth-order valence-electron chi connectivity index (χ4n) is 0.696. The number of aromatic nitrogens is 2. The van der Waals surface area contributed by atoms with Gasteiger partial charge in [0.25, 0.3) is 0 Å². The molecule has 1 aromatic rings. The third-order valence-corrected chi connectivity index (χ3v) is 1.71. The molecular formula is C5H2BrN4. The lowest BCUT2D eigenvalue weighted by Gasteiger charge is -1.93. The fraction of sp³-hybridized carbons (Fsp3) is 0. The van der Waals surface area contributed by atoms with Crippen LogP contribution in [-0.4, -0.2) is 16.3 Å². The van der Waals surface area contributed by atoms with Crippen molar-refractivity contribution in [2.45, 2.75) is 0 Å². The summed E-state index contributed by atoms with van der Waals surface area (Å²) in [6, 6.07) is 0. The van der Waals surface area contributed by atoms with E-state index >= 15 is 0 Å². The normalized spacial score (nSPS) is 12.9. The second kappa shape index (κ2) is 2.02. The zero-order valence-corrected chi connectivity index (χ0v) is 6.41. The monoisotopic (exact) mass is 197 g/mol. The quantitative estimate of drug-likeness (QED) is 0.587. The van der Waals surface area contributed by atoms with Gasteiger partial charge in [-0.15, -0.1) is 0 Å². The van der Waals surface area contributed by atoms with Crippen LogP contribution in [0.1, 0.15) is 0 Å². The zero-order chi connectivity index (χ0) is 6.97. The molecule has 0 N–H and O–H groups in total. The largest absolute Gasteiger partial charge is 0.230 e. The summed E-state index contributed by atoms with van der Waals surface area (Å²) in [5.41, 5.74) is 0.711. The lowest BCUT2D eigenvalue weighted by atomic mass is 10.5. The number of halogens is 1. The lowest BCUT2D eigenvalue weighted by Crippen LogP contribution is -1.89. The Morgan fingerprint density at radius 2 is 2.20 bits per heavy atom. The van der Waals surface area contributed by atoms with Crippen molar-refractivity contribution in [1.82, 2.24) is 15.3 Å². The Bertz CT molecular complexity index is 296. The van der Waals surface area contributed by atoms with Crippen LogP contribution in [-0.2, 0) is 0 Å². The highest BCUT2D eigenvalue weighted by Crippen LogP contribution is 2.31. The minimum absolute atomic E-state index is 0.627. The molecule has 2 rings (SSSR count). The second-order valence-electron chi connectivity index (χ2n) is 1.71. The zero-order valence-electron chi connectivity index (χ0n) is 4.82. The van der Waals surface area contributed by atoms with Crippen molar-refractivity contribution in [3.63, 3.8) is 0 Å². The maximum atomic E-state index is 3.94. The summed E-state index contributed by atoms with van der Waals surface area (Å²) >= 11 is 3.22. The van der Waals surface area contributed by atoms with E-state index in [0.29, 0.717) is 16.1 Å². The van der Waals surface area contributed by atoms with Gasteiger partial charge in [-0.2, -0.15) is 0 Å². The third kappa shape index (κ3) is 0.706. The molecule has 0 bridgehead atoms. The summed E-state index contributed by atoms with van der Waals surface area (Å²) in [7, 11) is 0. The van der Waals surface area contributed by atoms with Crippen LogP contribution in [0.25, 0.3) is 0 Å². The first-order chi connectivity index (χ1) is 4.88. The van der Waals surface area contributed by atoms with Gasteiger partial charge in [0, 0.05) is 0 Å². The van der Waals surface area contributed by atoms with Gasteiger partial charge in [-0.1, -0.05) is 0 Å². The highest BCUT2D eigenvalue weighted by Gasteiger charge is 2.12. The van der Waals surface area contributed by atoms with Crippen molar-refractivity contribution < 1.29 is 0 Å². The topological polar surface area (TPSA) is 52.2 Å². The molecule has 49 valence electrons. The van der Waals surface area contributed by atoms with E-state index in [0.717, 1.165) is 0 Å². The molecule has 1 aliphatic rings. The Labute approximate surface area is 65.5 Å². The van der Waals surface area contributed by atoms with Gasteiger partial charge >= 0.3 is 0 Å². The summed E-state index contributed by atoms with van der Waals surface area (Å²) in [5.74, 6) is 0.627. The molecule has 0 spiro atoms. The molecule has 2 heterocycles. The van der Waals surface area contributed by atoms with E-state index in [1.807, 2.05) is 0 Å². The summed E-state index contributed by atoms with van der Waals surface area (Å²) in [6.07, 6.45) is 2.91. The van der Waals surface area contributed by atoms with Gasteiger partial charge in [0.15, 0.2) is 5.82 Å². The lowest BCUT2D eigenvalue weighted by molar-refractivity contribution is 1.10. The molecule has 4 nitrogen and oxygen atoms in total. The maximum absolute atomic E-state index is 3.94. The van der Waals surface area contributed by atoms with Crippen molar-refractivity contribution in [3.8, 4) is 0 Å². The molecule has 1 aromatic heterocycles. The van der Waals surface area contributed by atoms with E-state index in [2.05, 4.69) is 36.2 Å². The number of nitrogens with zero attached hydrogens (tertiary/aromatic N) is 4. The summed E-state index contributed by atoms with van der Waals surface area (Å²) in [4.78, 5) is 11.7. The van der Waals surface area contributed by atoms with Gasteiger partial charge < -0.3 is 0 Å². The maximum Gasteiger partial charge on any atom is 0.184 e. The smallest absolute Gasteiger partial charge is 0.184 e. The van der Waals surface area contributed by atoms with Crippen molar-refractivity contribution in [2.75, 3.05) is 0 Å². The molecule has 1 aliphatic heterocycles. The first-order valence-corrected chi connectivity index (χ1v) is 3.41. The third-order valence-electron chi connectivity index (χ3n) is 1.13. The Morgan fingerprint density at radius 3 is 3.00 bits per heavy atom. The van der Waals surface area contributed by atoms with E-state index in [4.69, 9.17) is 0 Å². The van der Waals surface area contributed by atoms with Crippen molar-refractivity contribution in [3.05, 3.63) is 10.9 Å². The van der Waals surface area contributed by atoms with Crippen LogP contribution in [0.15, 0.2) is 15.9 Å². The molecule has 10 heavy (non-hydrogen) atoms. The minimum Gasteiger partial charge on any atom is -0.230 e. The number of rotatable bonds is 0. The molecule has 0 atom stereocenters. The van der Waals surface area contributed by atoms with Crippen LogP contribution >= 0.6 is 15.9 Å². The Kier molecular flexibility index (Phi) is 1.17. The van der Waals surface area contributed by atoms with Crippen LogP contribution in [0.5, 0.6) is 0 Å². The first kappa shape index (κ1) is 5.79. The molecule has 0 saturated heterocycles. The molecule has 0 fully saturated rings. The van der Waals surface area contributed by atoms with Gasteiger partial charge in [-0.3, -0.25) is 0 Å². The van der Waals surface area contributed by atoms with Crippen molar-refractivity contribution in [2.24, 2.45) is 4.99 Å². The molecular weight excluding hydrogens is 196 g/mol. The molecule has 5 heteroatoms. The predicted octanol–water partition coefficient (Wildman–Crippen LogP) is 1.15. The highest BCUT2D eigenvalue weighted by molar-refractivity contribution is 9.10. The standard InChI is InChI=1S/C5H2BrN4/c6-4-3-5(9-1-7-3)10-2-8-4/h1-2H. The van der Waals surface area contributed by atoms with Crippen LogP contribution in [0.3, 0.4) is 0 Å². The number of hydrogen-bond acceptors (Lipinski definition) is 3. The molecule has 1 radical (unpaired) electrons. The van der Waals surface area contributed by atoms with E-state index < -0.39 is 0 Å². The van der Waals surface area contributed by atoms with Crippen LogP contribution in [0.2, 0.25) is 0 Å². The number of aliphatic imine (C=N–C) groups is 1. The molecule has 0 aliphatic carbocycles. The molecule has 0 saturated carbocycles. The van der Waals surface area contributed by atoms with E-state index in [1.165, 1.54) is 12.7 Å². The fourth-order valence-corrected chi connectivity index (χ4v) is 1.07. The number of hydrogen-bond donors (Lipinski definition) is 0. The molecule has 0 amide bonds. The Morgan fingerprint density at radius 1 is 1.30 bits per heavy atom. The van der Waals surface area contributed by atoms with E-state index in [1.54, 1.807) is 0 Å². The van der Waals surface area contributed by atoms with Crippen molar-refractivity contribution in [1.29, 1.82) is 0 Å². The van der Waals surface area contributed by atoms with Crippen LogP contribution < -0.4 is 5.32 Å². The highest BCUT2D eigenvalue weighted by atomic mass is 79.9. The average Bonchev–Trinajstić information content (AvgIpc) is 2.36. The van der Waals surface area contributed by atoms with Gasteiger partial charge in [0.05, 0.1) is 0 Å². The molecule has 0 unspecified atom stereocenters. The van der Waals surface area contributed by atoms with Crippen LogP contribution in [0.4, 0.5) is 11.5 Å². The van der Waals surface area contributed by atoms with Gasteiger partial charge in [0.2, 0.25) is 0 Å². The van der Waals surface area contributed by atoms with Gasteiger partial charge in [-0.05, 0) is 15.9 Å². The summed E-state index contributed by atoms with van der Waals surface area (Å²) in [6.45, 7) is 0. The number of fused-ring (bicyclic) bond motifs is 1. The van der Waals surface area contributed by atoms with E-state index in [-0.39, 0.29) is 0 Å². The summed E-state index contributed by atoms with van der Waals surface area (Å²) < 4.78 is 0.690. The second-order valence-corrected chi connectivity index (χ2v) is 2.46. The van der Waals surface area contributed by atoms with Gasteiger partial charge in [-0.25, -0.2) is 20.3 Å². The minimum atomic E-state index is 0.627. The van der Waals surface area contributed by atoms with Crippen LogP contribution in [0, 0.1) is 0 Å². The summed E-state index contributed by atoms with van der Waals surface area (Å²) in [5, 5.41) is 3.89. The van der Waals surface area contributed by atoms with Gasteiger partial charge in [0.1, 0.15) is 23.0 Å². The van der Waals surface area contributed by atoms with Crippen molar-refractivity contribution >= 4 is 33.8 Å². The Balaban J connectivity index is 2.67. The molecule has 0 aromatic carbocycles. The van der Waals surface area contributed by atoms with E-state index in [9.17, 15) is 0 Å². The first-order valence-electron chi connectivity index (χ1n) is 2.62. The SMILES string of the molecule is Brc1ncnc2c1N=C[N]2. The average molecular weight is 198 g/mol.